The lowest BCUT2D eigenvalue weighted by Gasteiger charge is -2.26. The molecule has 0 fully saturated rings. The average molecular weight is 402 g/mol. The van der Waals surface area contributed by atoms with Crippen molar-refractivity contribution in [2.75, 3.05) is 13.9 Å². The molecule has 0 saturated heterocycles. The molecule has 1 unspecified atom stereocenters. The van der Waals surface area contributed by atoms with E-state index in [0.717, 1.165) is 12.3 Å². The number of ether oxygens (including phenoxy) is 2. The summed E-state index contributed by atoms with van der Waals surface area (Å²) in [5.74, 6) is 0.976. The first-order valence-corrected chi connectivity index (χ1v) is 11.0. The Labute approximate surface area is 173 Å². The molecule has 0 amide bonds. The van der Waals surface area contributed by atoms with Crippen LogP contribution in [0.4, 0.5) is 0 Å². The van der Waals surface area contributed by atoms with Crippen LogP contribution < -0.4 is 20.7 Å². The fourth-order valence-corrected chi connectivity index (χ4v) is 4.70. The van der Waals surface area contributed by atoms with Gasteiger partial charge in [-0.2, -0.15) is 0 Å². The number of benzene rings is 2. The molecule has 0 saturated carbocycles. The molecule has 1 N–H and O–H groups in total. The molecular formula is C24H36NO2P. The predicted molar refractivity (Wildman–Crippen MR) is 123 cm³/mol. The quantitative estimate of drug-likeness (QED) is 0.513. The van der Waals surface area contributed by atoms with E-state index in [-0.39, 0.29) is 12.2 Å². The van der Waals surface area contributed by atoms with Crippen LogP contribution in [0, 0.1) is 13.8 Å². The van der Waals surface area contributed by atoms with Gasteiger partial charge in [0.25, 0.3) is 0 Å². The van der Waals surface area contributed by atoms with Crippen molar-refractivity contribution < 1.29 is 9.47 Å². The molecule has 0 aliphatic rings. The third kappa shape index (κ3) is 6.04. The molecule has 154 valence electrons. The van der Waals surface area contributed by atoms with Gasteiger partial charge in [-0.1, -0.05) is 67.5 Å². The first kappa shape index (κ1) is 22.9. The number of hydrogen-bond donors (Lipinski definition) is 1. The van der Waals surface area contributed by atoms with Crippen molar-refractivity contribution in [2.24, 2.45) is 0 Å². The van der Waals surface area contributed by atoms with Crippen molar-refractivity contribution in [3.8, 4) is 5.75 Å². The maximum absolute atomic E-state index is 6.12. The summed E-state index contributed by atoms with van der Waals surface area (Å²) in [4.78, 5) is 0. The van der Waals surface area contributed by atoms with Crippen LogP contribution in [0.25, 0.3) is 0 Å². The van der Waals surface area contributed by atoms with Crippen LogP contribution in [0.2, 0.25) is 0 Å². The predicted octanol–water partition coefficient (Wildman–Crippen LogP) is 4.71. The molecule has 28 heavy (non-hydrogen) atoms. The molecule has 2 rings (SSSR count). The Morgan fingerprint density at radius 3 is 2.43 bits per heavy atom. The first-order chi connectivity index (χ1) is 13.1. The highest BCUT2D eigenvalue weighted by Gasteiger charge is 2.23. The van der Waals surface area contributed by atoms with E-state index < -0.39 is 0 Å². The number of rotatable bonds is 8. The van der Waals surface area contributed by atoms with E-state index in [1.165, 1.54) is 32.9 Å². The molecule has 1 atom stereocenters. The molecule has 2 aromatic rings. The van der Waals surface area contributed by atoms with E-state index in [1.807, 2.05) is 0 Å². The summed E-state index contributed by atoms with van der Waals surface area (Å²) in [6.07, 6.45) is 0. The Morgan fingerprint density at radius 1 is 1.11 bits per heavy atom. The van der Waals surface area contributed by atoms with Crippen LogP contribution in [0.15, 0.2) is 30.3 Å². The van der Waals surface area contributed by atoms with E-state index >= 15 is 0 Å². The number of aryl methyl sites for hydroxylation is 2. The Hall–Kier alpha value is -1.41. The van der Waals surface area contributed by atoms with E-state index in [0.29, 0.717) is 14.6 Å². The average Bonchev–Trinajstić information content (AvgIpc) is 2.60. The lowest BCUT2D eigenvalue weighted by Crippen LogP contribution is -2.26. The van der Waals surface area contributed by atoms with E-state index in [9.17, 15) is 0 Å². The molecule has 2 aromatic carbocycles. The molecule has 0 bridgehead atoms. The second-order valence-electron chi connectivity index (χ2n) is 8.76. The number of nitrogens with one attached hydrogen (secondary N) is 1. The van der Waals surface area contributed by atoms with Gasteiger partial charge in [-0.3, -0.25) is 0 Å². The van der Waals surface area contributed by atoms with E-state index in [2.05, 4.69) is 84.1 Å². The van der Waals surface area contributed by atoms with Gasteiger partial charge in [0.1, 0.15) is 5.75 Å². The minimum atomic E-state index is 0.00207. The zero-order valence-corrected chi connectivity index (χ0v) is 19.7. The SMILES string of the molecule is COCOc1c(Pc2c(C)cccc2CNC(C)C)cc(C)cc1C(C)(C)C. The third-order valence-corrected chi connectivity index (χ3v) is 6.29. The summed E-state index contributed by atoms with van der Waals surface area (Å²) in [7, 11) is 2.21. The van der Waals surface area contributed by atoms with E-state index in [4.69, 9.17) is 9.47 Å². The summed E-state index contributed by atoms with van der Waals surface area (Å²) in [5.41, 5.74) is 5.21. The molecule has 0 heterocycles. The van der Waals surface area contributed by atoms with Gasteiger partial charge >= 0.3 is 0 Å². The largest absolute Gasteiger partial charge is 0.467 e. The van der Waals surface area contributed by atoms with Gasteiger partial charge in [0.05, 0.1) is 0 Å². The molecule has 0 aliphatic carbocycles. The topological polar surface area (TPSA) is 30.5 Å². The van der Waals surface area contributed by atoms with Crippen LogP contribution in [0.3, 0.4) is 0 Å². The van der Waals surface area contributed by atoms with Crippen LogP contribution in [-0.2, 0) is 16.7 Å². The minimum absolute atomic E-state index is 0.00207. The Kier molecular flexibility index (Phi) is 8.07. The molecular weight excluding hydrogens is 365 g/mol. The fraction of sp³-hybridized carbons (Fsp3) is 0.500. The molecule has 0 radical (unpaired) electrons. The van der Waals surface area contributed by atoms with Gasteiger partial charge in [0.15, 0.2) is 6.79 Å². The Morgan fingerprint density at radius 2 is 1.82 bits per heavy atom. The highest BCUT2D eigenvalue weighted by Crippen LogP contribution is 2.34. The maximum Gasteiger partial charge on any atom is 0.188 e. The Bertz CT molecular complexity index is 794. The van der Waals surface area contributed by atoms with Crippen LogP contribution >= 0.6 is 8.58 Å². The molecule has 4 heteroatoms. The minimum Gasteiger partial charge on any atom is -0.467 e. The maximum atomic E-state index is 6.12. The number of hydrogen-bond acceptors (Lipinski definition) is 3. The van der Waals surface area contributed by atoms with Gasteiger partial charge in [0.2, 0.25) is 0 Å². The van der Waals surface area contributed by atoms with Crippen molar-refractivity contribution in [1.82, 2.24) is 5.32 Å². The summed E-state index contributed by atoms with van der Waals surface area (Å²) in [6, 6.07) is 11.6. The van der Waals surface area contributed by atoms with Crippen molar-refractivity contribution in [2.45, 2.75) is 66.5 Å². The third-order valence-electron chi connectivity index (χ3n) is 4.68. The second-order valence-corrected chi connectivity index (χ2v) is 10.0. The highest BCUT2D eigenvalue weighted by molar-refractivity contribution is 7.56. The molecule has 0 spiro atoms. The van der Waals surface area contributed by atoms with Gasteiger partial charge in [-0.05, 0) is 47.3 Å². The smallest absolute Gasteiger partial charge is 0.188 e. The van der Waals surface area contributed by atoms with Crippen molar-refractivity contribution in [3.05, 3.63) is 52.6 Å². The second kappa shape index (κ2) is 9.87. The van der Waals surface area contributed by atoms with Gasteiger partial charge in [0, 0.05) is 30.6 Å². The first-order valence-electron chi connectivity index (χ1n) is 9.99. The fourth-order valence-electron chi connectivity index (χ4n) is 3.20. The van der Waals surface area contributed by atoms with Crippen LogP contribution in [0.1, 0.15) is 56.9 Å². The summed E-state index contributed by atoms with van der Waals surface area (Å²) in [5, 5.41) is 6.22. The lowest BCUT2D eigenvalue weighted by molar-refractivity contribution is 0.0506. The highest BCUT2D eigenvalue weighted by atomic mass is 31.1. The van der Waals surface area contributed by atoms with Gasteiger partial charge in [-0.15, -0.1) is 0 Å². The summed E-state index contributed by atoms with van der Waals surface area (Å²) < 4.78 is 11.4. The van der Waals surface area contributed by atoms with Crippen molar-refractivity contribution in [1.29, 1.82) is 0 Å². The van der Waals surface area contributed by atoms with Crippen molar-refractivity contribution >= 4 is 19.2 Å². The van der Waals surface area contributed by atoms with Crippen molar-refractivity contribution in [3.63, 3.8) is 0 Å². The monoisotopic (exact) mass is 401 g/mol. The normalized spacial score (nSPS) is 12.3. The van der Waals surface area contributed by atoms with Crippen LogP contribution in [0.5, 0.6) is 5.75 Å². The van der Waals surface area contributed by atoms with Gasteiger partial charge < -0.3 is 14.8 Å². The van der Waals surface area contributed by atoms with Crippen LogP contribution in [-0.4, -0.2) is 19.9 Å². The standard InChI is InChI=1S/C24H36NO2P/c1-16(2)25-14-19-11-9-10-18(4)23(19)28-21-13-17(3)12-20(24(5,6)7)22(21)27-15-26-8/h9-13,16,25,28H,14-15H2,1-8H3. The number of methoxy groups -OCH3 is 1. The summed E-state index contributed by atoms with van der Waals surface area (Å²) in [6.45, 7) is 16.6. The lowest BCUT2D eigenvalue weighted by atomic mass is 9.85. The molecule has 0 aromatic heterocycles. The molecule has 3 nitrogen and oxygen atoms in total. The zero-order valence-electron chi connectivity index (χ0n) is 18.7. The summed E-state index contributed by atoms with van der Waals surface area (Å²) >= 11 is 0. The Balaban J connectivity index is 2.52. The molecule has 0 aliphatic heterocycles. The zero-order chi connectivity index (χ0) is 20.9. The van der Waals surface area contributed by atoms with Gasteiger partial charge in [-0.25, -0.2) is 0 Å². The van der Waals surface area contributed by atoms with E-state index in [1.54, 1.807) is 7.11 Å².